The third-order valence-electron chi connectivity index (χ3n) is 0.722. The van der Waals surface area contributed by atoms with Gasteiger partial charge in [-0.15, -0.1) is 0 Å². The Morgan fingerprint density at radius 2 is 2.29 bits per heavy atom. The van der Waals surface area contributed by atoms with Gasteiger partial charge in [0.25, 0.3) is 0 Å². The van der Waals surface area contributed by atoms with Gasteiger partial charge in [-0.1, -0.05) is 19.3 Å². The minimum atomic E-state index is 1.03. The van der Waals surface area contributed by atoms with Crippen molar-refractivity contribution in [1.82, 2.24) is 0 Å². The molecule has 0 nitrogen and oxygen atoms in total. The van der Waals surface area contributed by atoms with Gasteiger partial charge in [0.05, 0.1) is 0 Å². The highest BCUT2D eigenvalue weighted by atomic mass is 79.9. The van der Waals surface area contributed by atoms with Gasteiger partial charge in [-0.05, 0) is 11.3 Å². The highest BCUT2D eigenvalue weighted by Gasteiger charge is 1.73. The molecule has 0 aromatic rings. The highest BCUT2D eigenvalue weighted by molar-refractivity contribution is 9.12. The van der Waals surface area contributed by atoms with Crippen LogP contribution in [0.1, 0.15) is 26.2 Å². The van der Waals surface area contributed by atoms with Crippen LogP contribution in [0.3, 0.4) is 0 Å². The van der Waals surface area contributed by atoms with Gasteiger partial charge in [-0.2, -0.15) is 0 Å². The summed E-state index contributed by atoms with van der Waals surface area (Å²) in [6.45, 7) is 2.16. The molecule has 0 amide bonds. The van der Waals surface area contributed by atoms with Crippen LogP contribution in [0.5, 0.6) is 0 Å². The molecule has 0 aliphatic carbocycles. The van der Waals surface area contributed by atoms with Crippen LogP contribution in [0.4, 0.5) is 0 Å². The van der Waals surface area contributed by atoms with E-state index in [2.05, 4.69) is 33.6 Å². The van der Waals surface area contributed by atoms with Crippen molar-refractivity contribution in [2.24, 2.45) is 0 Å². The van der Waals surface area contributed by atoms with E-state index in [1.807, 2.05) is 0 Å². The predicted octanol–water partition coefficient (Wildman–Crippen LogP) is 2.53. The van der Waals surface area contributed by atoms with E-state index in [0.29, 0.717) is 0 Å². The molecule has 0 spiro atoms. The molecule has 0 aromatic carbocycles. The van der Waals surface area contributed by atoms with Crippen LogP contribution < -0.4 is 0 Å². The molecule has 0 aliphatic rings. The molecular weight excluding hydrogens is 152 g/mol. The Morgan fingerprint density at radius 1 is 1.57 bits per heavy atom. The lowest BCUT2D eigenvalue weighted by molar-refractivity contribution is 0.828. The summed E-state index contributed by atoms with van der Waals surface area (Å²) in [5, 5.41) is 0. The Morgan fingerprint density at radius 3 is 2.71 bits per heavy atom. The van der Waals surface area contributed by atoms with Crippen LogP contribution in [-0.2, 0) is 0 Å². The Labute approximate surface area is 53.4 Å². The normalized spacial score (nSPS) is 7.14. The summed E-state index contributed by atoms with van der Waals surface area (Å²) in [7, 11) is 0. The van der Waals surface area contributed by atoms with Gasteiger partial charge < -0.3 is 0 Å². The maximum atomic E-state index is 3.02. The monoisotopic (exact) mass is 160 g/mol. The average Bonchev–Trinajstić information content (AvgIpc) is 1.69. The highest BCUT2D eigenvalue weighted by Crippen LogP contribution is 1.90. The van der Waals surface area contributed by atoms with E-state index < -0.39 is 0 Å². The van der Waals surface area contributed by atoms with E-state index in [4.69, 9.17) is 0 Å². The number of unbranched alkanes of at least 4 members (excludes halogenated alkanes) is 2. The molecular formula is C6H9Br. The molecule has 0 aromatic heterocycles. The lowest BCUT2D eigenvalue weighted by Gasteiger charge is -1.80. The molecule has 0 atom stereocenters. The zero-order valence-electron chi connectivity index (χ0n) is 4.50. The second-order valence-corrected chi connectivity index (χ2v) is 1.77. The standard InChI is InChI=1S/C6H9Br/c1-2-3-4-5-6-7/h2-4H2,1H3. The number of hydrogen-bond donors (Lipinski definition) is 0. The summed E-state index contributed by atoms with van der Waals surface area (Å²) in [6.07, 6.45) is 3.49. The molecule has 0 fully saturated rings. The van der Waals surface area contributed by atoms with Gasteiger partial charge in [0.1, 0.15) is 0 Å². The first-order valence-corrected chi connectivity index (χ1v) is 3.29. The Bertz CT molecular complexity index is 75.9. The van der Waals surface area contributed by atoms with Gasteiger partial charge in [0, 0.05) is 22.4 Å². The van der Waals surface area contributed by atoms with Crippen LogP contribution in [0, 0.1) is 10.8 Å². The van der Waals surface area contributed by atoms with Gasteiger partial charge in [-0.25, -0.2) is 0 Å². The van der Waals surface area contributed by atoms with Crippen LogP contribution in [0.25, 0.3) is 0 Å². The van der Waals surface area contributed by atoms with Gasteiger partial charge in [0.2, 0.25) is 0 Å². The molecule has 1 heteroatoms. The first kappa shape index (κ1) is 7.04. The molecule has 0 unspecified atom stereocenters. The minimum Gasteiger partial charge on any atom is -0.0908 e. The molecule has 0 saturated heterocycles. The van der Waals surface area contributed by atoms with Crippen molar-refractivity contribution in [2.75, 3.05) is 0 Å². The molecule has 0 aliphatic heterocycles. The van der Waals surface area contributed by atoms with E-state index in [9.17, 15) is 0 Å². The van der Waals surface area contributed by atoms with Gasteiger partial charge >= 0.3 is 0 Å². The Kier molecular flexibility index (Phi) is 6.07. The third kappa shape index (κ3) is 6.04. The maximum absolute atomic E-state index is 3.02. The van der Waals surface area contributed by atoms with Crippen molar-refractivity contribution in [2.45, 2.75) is 26.2 Å². The van der Waals surface area contributed by atoms with E-state index in [1.54, 1.807) is 0 Å². The lowest BCUT2D eigenvalue weighted by atomic mass is 10.3. The first-order chi connectivity index (χ1) is 3.41. The third-order valence-corrected chi connectivity index (χ3v) is 1.00. The van der Waals surface area contributed by atoms with Crippen LogP contribution in [0.15, 0.2) is 0 Å². The maximum Gasteiger partial charge on any atom is 0.0106 e. The molecule has 40 valence electrons. The average molecular weight is 161 g/mol. The molecule has 0 saturated carbocycles. The van der Waals surface area contributed by atoms with E-state index in [-0.39, 0.29) is 0 Å². The summed E-state index contributed by atoms with van der Waals surface area (Å²) in [5.74, 6) is 2.92. The largest absolute Gasteiger partial charge is 0.0908 e. The van der Waals surface area contributed by atoms with Crippen molar-refractivity contribution in [3.63, 3.8) is 0 Å². The summed E-state index contributed by atoms with van der Waals surface area (Å²) in [4.78, 5) is 2.66. The minimum absolute atomic E-state index is 1.03. The summed E-state index contributed by atoms with van der Waals surface area (Å²) >= 11 is 3.02. The fraction of sp³-hybridized carbons (Fsp3) is 0.667. The van der Waals surface area contributed by atoms with Crippen LogP contribution in [0.2, 0.25) is 0 Å². The number of hydrogen-bond acceptors (Lipinski definition) is 0. The van der Waals surface area contributed by atoms with E-state index >= 15 is 0 Å². The lowest BCUT2D eigenvalue weighted by Crippen LogP contribution is -1.63. The van der Waals surface area contributed by atoms with Crippen LogP contribution in [-0.4, -0.2) is 0 Å². The zero-order valence-corrected chi connectivity index (χ0v) is 6.09. The Balaban J connectivity index is 2.78. The summed E-state index contributed by atoms with van der Waals surface area (Å²) in [6, 6.07) is 0. The first-order valence-electron chi connectivity index (χ1n) is 2.50. The van der Waals surface area contributed by atoms with Crippen LogP contribution >= 0.6 is 15.9 Å². The van der Waals surface area contributed by atoms with Crippen molar-refractivity contribution in [1.29, 1.82) is 0 Å². The molecule has 0 N–H and O–H groups in total. The second-order valence-electron chi connectivity index (χ2n) is 1.37. The Hall–Kier alpha value is 0.0400. The number of halogens is 1. The van der Waals surface area contributed by atoms with Crippen molar-refractivity contribution >= 4 is 15.9 Å². The van der Waals surface area contributed by atoms with Crippen molar-refractivity contribution < 1.29 is 0 Å². The topological polar surface area (TPSA) is 0 Å². The fourth-order valence-corrected chi connectivity index (χ4v) is 0.511. The SMILES string of the molecule is CCCCC#CBr. The summed E-state index contributed by atoms with van der Waals surface area (Å²) in [5.41, 5.74) is 0. The molecule has 0 heterocycles. The van der Waals surface area contributed by atoms with E-state index in [0.717, 1.165) is 6.42 Å². The molecule has 7 heavy (non-hydrogen) atoms. The van der Waals surface area contributed by atoms with E-state index in [1.165, 1.54) is 12.8 Å². The predicted molar refractivity (Wildman–Crippen MR) is 36.2 cm³/mol. The van der Waals surface area contributed by atoms with Crippen molar-refractivity contribution in [3.8, 4) is 10.8 Å². The molecule has 0 bridgehead atoms. The zero-order chi connectivity index (χ0) is 5.54. The molecule has 0 radical (unpaired) electrons. The molecule has 0 rings (SSSR count). The smallest absolute Gasteiger partial charge is 0.0106 e. The van der Waals surface area contributed by atoms with Gasteiger partial charge in [0.15, 0.2) is 0 Å². The fourth-order valence-electron chi connectivity index (χ4n) is 0.312. The quantitative estimate of drug-likeness (QED) is 0.431. The van der Waals surface area contributed by atoms with Gasteiger partial charge in [-0.3, -0.25) is 0 Å². The second kappa shape index (κ2) is 6.04. The summed E-state index contributed by atoms with van der Waals surface area (Å²) < 4.78 is 0. The van der Waals surface area contributed by atoms with Crippen molar-refractivity contribution in [3.05, 3.63) is 0 Å². The number of rotatable bonds is 2.